The highest BCUT2D eigenvalue weighted by molar-refractivity contribution is 5.77. The van der Waals surface area contributed by atoms with Crippen molar-refractivity contribution in [3.8, 4) is 11.8 Å². The van der Waals surface area contributed by atoms with Gasteiger partial charge in [-0.05, 0) is 24.5 Å². The van der Waals surface area contributed by atoms with Gasteiger partial charge in [0, 0.05) is 6.20 Å². The molecule has 0 aliphatic heterocycles. The molecule has 0 bridgehead atoms. The zero-order valence-corrected chi connectivity index (χ0v) is 9.57. The number of fused-ring (bicyclic) bond motifs is 1. The van der Waals surface area contributed by atoms with Crippen molar-refractivity contribution in [2.24, 2.45) is 5.73 Å². The molecule has 1 aromatic rings. The van der Waals surface area contributed by atoms with Crippen molar-refractivity contribution < 1.29 is 4.79 Å². The number of nitrogens with zero attached hydrogens (tertiary/aromatic N) is 1. The topological polar surface area (TPSA) is 68.0 Å². The summed E-state index contributed by atoms with van der Waals surface area (Å²) in [5.41, 5.74) is 7.55. The molecule has 0 saturated heterocycles. The SMILES string of the molecule is NCC(=O)NCC#CC1CCc2cccnc21. The minimum atomic E-state index is -0.177. The van der Waals surface area contributed by atoms with Gasteiger partial charge in [-0.3, -0.25) is 9.78 Å². The van der Waals surface area contributed by atoms with Gasteiger partial charge in [0.1, 0.15) is 0 Å². The lowest BCUT2D eigenvalue weighted by molar-refractivity contribution is -0.119. The molecule has 0 aromatic carbocycles. The van der Waals surface area contributed by atoms with Crippen LogP contribution in [-0.2, 0) is 11.2 Å². The monoisotopic (exact) mass is 229 g/mol. The van der Waals surface area contributed by atoms with E-state index in [0.29, 0.717) is 6.54 Å². The summed E-state index contributed by atoms with van der Waals surface area (Å²) in [4.78, 5) is 15.3. The van der Waals surface area contributed by atoms with E-state index in [0.717, 1.165) is 18.5 Å². The molecule has 2 rings (SSSR count). The fourth-order valence-corrected chi connectivity index (χ4v) is 1.94. The molecule has 1 heterocycles. The molecule has 17 heavy (non-hydrogen) atoms. The largest absolute Gasteiger partial charge is 0.344 e. The van der Waals surface area contributed by atoms with E-state index in [-0.39, 0.29) is 18.4 Å². The van der Waals surface area contributed by atoms with Gasteiger partial charge in [-0.25, -0.2) is 0 Å². The molecule has 3 N–H and O–H groups in total. The first-order chi connectivity index (χ1) is 8.31. The van der Waals surface area contributed by atoms with E-state index in [1.807, 2.05) is 6.07 Å². The first-order valence-electron chi connectivity index (χ1n) is 5.70. The number of nitrogens with one attached hydrogen (secondary N) is 1. The van der Waals surface area contributed by atoms with Crippen LogP contribution in [0.15, 0.2) is 18.3 Å². The Morgan fingerprint density at radius 3 is 3.35 bits per heavy atom. The minimum Gasteiger partial charge on any atom is -0.344 e. The molecule has 1 amide bonds. The smallest absolute Gasteiger partial charge is 0.234 e. The lowest BCUT2D eigenvalue weighted by atomic mass is 10.1. The van der Waals surface area contributed by atoms with E-state index in [2.05, 4.69) is 28.2 Å². The number of hydrogen-bond donors (Lipinski definition) is 2. The van der Waals surface area contributed by atoms with Gasteiger partial charge >= 0.3 is 0 Å². The number of hydrogen-bond acceptors (Lipinski definition) is 3. The number of carbonyl (C=O) groups excluding carboxylic acids is 1. The van der Waals surface area contributed by atoms with Crippen LogP contribution < -0.4 is 11.1 Å². The van der Waals surface area contributed by atoms with Gasteiger partial charge in [0.2, 0.25) is 5.91 Å². The second kappa shape index (κ2) is 5.46. The molecule has 1 atom stereocenters. The first-order valence-corrected chi connectivity index (χ1v) is 5.70. The van der Waals surface area contributed by atoms with E-state index < -0.39 is 0 Å². The molecule has 0 saturated carbocycles. The zero-order chi connectivity index (χ0) is 12.1. The van der Waals surface area contributed by atoms with Crippen LogP contribution in [0.2, 0.25) is 0 Å². The van der Waals surface area contributed by atoms with Crippen LogP contribution in [-0.4, -0.2) is 24.0 Å². The molecule has 4 heteroatoms. The molecular formula is C13H15N3O. The van der Waals surface area contributed by atoms with Crippen molar-refractivity contribution >= 4 is 5.91 Å². The van der Waals surface area contributed by atoms with Crippen LogP contribution in [0.5, 0.6) is 0 Å². The van der Waals surface area contributed by atoms with E-state index in [9.17, 15) is 4.79 Å². The number of nitrogens with two attached hydrogens (primary N) is 1. The standard InChI is InChI=1S/C13H15N3O/c14-9-12(17)15-7-1-3-10-5-6-11-4-2-8-16-13(10)11/h2,4,8,10H,5-7,9,14H2,(H,15,17). The number of aromatic nitrogens is 1. The Morgan fingerprint density at radius 2 is 2.53 bits per heavy atom. The quantitative estimate of drug-likeness (QED) is 0.711. The Morgan fingerprint density at radius 1 is 1.65 bits per heavy atom. The fraction of sp³-hybridized carbons (Fsp3) is 0.385. The van der Waals surface area contributed by atoms with Crippen molar-refractivity contribution in [2.75, 3.05) is 13.1 Å². The van der Waals surface area contributed by atoms with E-state index >= 15 is 0 Å². The summed E-state index contributed by atoms with van der Waals surface area (Å²) in [5, 5.41) is 2.62. The van der Waals surface area contributed by atoms with Crippen molar-refractivity contribution in [1.82, 2.24) is 10.3 Å². The summed E-state index contributed by atoms with van der Waals surface area (Å²) in [6.45, 7) is 0.365. The summed E-state index contributed by atoms with van der Waals surface area (Å²) in [6.07, 6.45) is 3.86. The molecule has 1 unspecified atom stereocenters. The summed E-state index contributed by atoms with van der Waals surface area (Å²) in [7, 11) is 0. The van der Waals surface area contributed by atoms with Crippen LogP contribution in [0.1, 0.15) is 23.6 Å². The number of carbonyl (C=O) groups is 1. The maximum atomic E-state index is 10.9. The highest BCUT2D eigenvalue weighted by atomic mass is 16.1. The number of aryl methyl sites for hydroxylation is 1. The molecule has 1 aromatic heterocycles. The maximum Gasteiger partial charge on any atom is 0.234 e. The van der Waals surface area contributed by atoms with E-state index in [4.69, 9.17) is 5.73 Å². The number of amides is 1. The summed E-state index contributed by atoms with van der Waals surface area (Å²) < 4.78 is 0. The predicted molar refractivity (Wildman–Crippen MR) is 65.1 cm³/mol. The molecule has 1 aliphatic rings. The average molecular weight is 229 g/mol. The van der Waals surface area contributed by atoms with Crippen LogP contribution >= 0.6 is 0 Å². The lowest BCUT2D eigenvalue weighted by Crippen LogP contribution is -2.30. The summed E-state index contributed by atoms with van der Waals surface area (Å²) in [6, 6.07) is 4.05. The first kappa shape index (κ1) is 11.6. The molecular weight excluding hydrogens is 214 g/mol. The third-order valence-electron chi connectivity index (χ3n) is 2.79. The van der Waals surface area contributed by atoms with Crippen LogP contribution in [0, 0.1) is 11.8 Å². The predicted octanol–water partition coefficient (Wildman–Crippen LogP) is 0.190. The molecule has 0 fully saturated rings. The normalized spacial score (nSPS) is 16.9. The third kappa shape index (κ3) is 2.83. The van der Waals surface area contributed by atoms with Gasteiger partial charge in [-0.2, -0.15) is 0 Å². The van der Waals surface area contributed by atoms with Crippen LogP contribution in [0.3, 0.4) is 0 Å². The Labute approximate surface area is 101 Å². The molecule has 0 radical (unpaired) electrons. The Bertz CT molecular complexity index is 473. The minimum absolute atomic E-state index is 0.00942. The second-order valence-corrected chi connectivity index (χ2v) is 3.94. The molecule has 88 valence electrons. The van der Waals surface area contributed by atoms with Gasteiger partial charge in [0.15, 0.2) is 0 Å². The maximum absolute atomic E-state index is 10.9. The van der Waals surface area contributed by atoms with Crippen molar-refractivity contribution in [1.29, 1.82) is 0 Å². The fourth-order valence-electron chi connectivity index (χ4n) is 1.94. The van der Waals surface area contributed by atoms with E-state index in [1.165, 1.54) is 5.56 Å². The van der Waals surface area contributed by atoms with Crippen LogP contribution in [0.4, 0.5) is 0 Å². The Kier molecular flexibility index (Phi) is 3.73. The number of rotatable bonds is 2. The number of pyridine rings is 1. The highest BCUT2D eigenvalue weighted by Crippen LogP contribution is 2.29. The molecule has 1 aliphatic carbocycles. The third-order valence-corrected chi connectivity index (χ3v) is 2.79. The second-order valence-electron chi connectivity index (χ2n) is 3.94. The lowest BCUT2D eigenvalue weighted by Gasteiger charge is -2.01. The van der Waals surface area contributed by atoms with Gasteiger partial charge in [-0.15, -0.1) is 0 Å². The summed E-state index contributed by atoms with van der Waals surface area (Å²) in [5.74, 6) is 6.14. The Balaban J connectivity index is 1.93. The van der Waals surface area contributed by atoms with Crippen molar-refractivity contribution in [3.05, 3.63) is 29.6 Å². The summed E-state index contributed by atoms with van der Waals surface area (Å²) >= 11 is 0. The van der Waals surface area contributed by atoms with Gasteiger partial charge in [-0.1, -0.05) is 17.9 Å². The van der Waals surface area contributed by atoms with E-state index in [1.54, 1.807) is 6.20 Å². The average Bonchev–Trinajstić information content (AvgIpc) is 2.78. The van der Waals surface area contributed by atoms with Crippen molar-refractivity contribution in [3.63, 3.8) is 0 Å². The zero-order valence-electron chi connectivity index (χ0n) is 9.57. The Hall–Kier alpha value is -1.86. The van der Waals surface area contributed by atoms with Gasteiger partial charge in [0.05, 0.1) is 24.7 Å². The molecule has 0 spiro atoms. The molecule has 4 nitrogen and oxygen atoms in total. The van der Waals surface area contributed by atoms with Gasteiger partial charge in [0.25, 0.3) is 0 Å². The highest BCUT2D eigenvalue weighted by Gasteiger charge is 2.21. The van der Waals surface area contributed by atoms with Gasteiger partial charge < -0.3 is 11.1 Å². The van der Waals surface area contributed by atoms with Crippen molar-refractivity contribution in [2.45, 2.75) is 18.8 Å². The van der Waals surface area contributed by atoms with Crippen LogP contribution in [0.25, 0.3) is 0 Å².